The van der Waals surface area contributed by atoms with Crippen molar-refractivity contribution < 1.29 is 8.62 Å². The van der Waals surface area contributed by atoms with Crippen LogP contribution in [-0.2, 0) is 4.74 Å². The molecule has 0 aliphatic heterocycles. The Hall–Kier alpha value is 0.240. The van der Waals surface area contributed by atoms with Crippen molar-refractivity contribution in [1.82, 2.24) is 0 Å². The molecule has 0 amide bonds. The first-order valence-electron chi connectivity index (χ1n) is 3.62. The lowest BCUT2D eigenvalue weighted by molar-refractivity contribution is 0.0768. The van der Waals surface area contributed by atoms with E-state index in [4.69, 9.17) is 4.74 Å². The van der Waals surface area contributed by atoms with Gasteiger partial charge in [0.15, 0.2) is 0 Å². The van der Waals surface area contributed by atoms with Crippen LogP contribution in [0.2, 0.25) is 0 Å². The average molecular weight is 166 g/mol. The SMILES string of the molecule is CC(C)OCCCCSF. The zero-order valence-electron chi connectivity index (χ0n) is 6.60. The van der Waals surface area contributed by atoms with Crippen LogP contribution in [0.25, 0.3) is 0 Å². The van der Waals surface area contributed by atoms with Gasteiger partial charge in [-0.05, 0) is 26.7 Å². The molecule has 0 heterocycles. The van der Waals surface area contributed by atoms with Gasteiger partial charge in [-0.1, -0.05) is 0 Å². The third-order valence-corrected chi connectivity index (χ3v) is 1.51. The molecule has 0 aromatic rings. The van der Waals surface area contributed by atoms with Gasteiger partial charge in [-0.2, -0.15) is 3.89 Å². The lowest BCUT2D eigenvalue weighted by Gasteiger charge is -2.05. The highest BCUT2D eigenvalue weighted by molar-refractivity contribution is 7.94. The van der Waals surface area contributed by atoms with Crippen LogP contribution in [0.1, 0.15) is 26.7 Å². The second kappa shape index (κ2) is 7.35. The monoisotopic (exact) mass is 166 g/mol. The van der Waals surface area contributed by atoms with Crippen LogP contribution in [0, 0.1) is 0 Å². The number of halogens is 1. The van der Waals surface area contributed by atoms with Gasteiger partial charge in [-0.3, -0.25) is 0 Å². The molecular formula is C7H15FOS. The molecule has 10 heavy (non-hydrogen) atoms. The summed E-state index contributed by atoms with van der Waals surface area (Å²) in [6.45, 7) is 4.77. The van der Waals surface area contributed by atoms with Crippen molar-refractivity contribution in [3.05, 3.63) is 0 Å². The highest BCUT2D eigenvalue weighted by atomic mass is 32.2. The summed E-state index contributed by atoms with van der Waals surface area (Å²) < 4.78 is 16.7. The van der Waals surface area contributed by atoms with Crippen molar-refractivity contribution in [2.24, 2.45) is 0 Å². The van der Waals surface area contributed by atoms with Crippen molar-refractivity contribution in [2.75, 3.05) is 12.4 Å². The molecule has 0 spiro atoms. The lowest BCUT2D eigenvalue weighted by atomic mass is 10.3. The Kier molecular flexibility index (Phi) is 7.52. The van der Waals surface area contributed by atoms with Crippen LogP contribution < -0.4 is 0 Å². The molecule has 3 heteroatoms. The molecule has 0 saturated carbocycles. The molecule has 0 aromatic heterocycles. The molecule has 0 saturated heterocycles. The van der Waals surface area contributed by atoms with E-state index in [1.807, 2.05) is 13.8 Å². The zero-order valence-corrected chi connectivity index (χ0v) is 7.42. The van der Waals surface area contributed by atoms with Crippen LogP contribution in [0.4, 0.5) is 3.89 Å². The summed E-state index contributed by atoms with van der Waals surface area (Å²) >= 11 is 0.405. The Balaban J connectivity index is 2.77. The molecule has 0 atom stereocenters. The van der Waals surface area contributed by atoms with Gasteiger partial charge in [0.25, 0.3) is 0 Å². The number of hydrogen-bond donors (Lipinski definition) is 0. The van der Waals surface area contributed by atoms with Crippen LogP contribution in [-0.4, -0.2) is 18.5 Å². The van der Waals surface area contributed by atoms with Crippen molar-refractivity contribution >= 4 is 12.1 Å². The fourth-order valence-corrected chi connectivity index (χ4v) is 0.891. The zero-order chi connectivity index (χ0) is 7.82. The number of rotatable bonds is 6. The first-order valence-corrected chi connectivity index (χ1v) is 4.51. The van der Waals surface area contributed by atoms with Gasteiger partial charge in [-0.25, -0.2) is 0 Å². The molecule has 1 nitrogen and oxygen atoms in total. The Bertz CT molecular complexity index is 68.6. The Morgan fingerprint density at radius 3 is 2.60 bits per heavy atom. The summed E-state index contributed by atoms with van der Waals surface area (Å²) in [5.74, 6) is 0.599. The van der Waals surface area contributed by atoms with E-state index in [9.17, 15) is 3.89 Å². The molecule has 0 N–H and O–H groups in total. The maximum atomic E-state index is 11.5. The lowest BCUT2D eigenvalue weighted by Crippen LogP contribution is -2.03. The third kappa shape index (κ3) is 8.24. The van der Waals surface area contributed by atoms with Gasteiger partial charge in [0.1, 0.15) is 0 Å². The number of unbranched alkanes of at least 4 members (excludes halogenated alkanes) is 1. The van der Waals surface area contributed by atoms with Crippen LogP contribution >= 0.6 is 12.1 Å². The largest absolute Gasteiger partial charge is 0.379 e. The number of ether oxygens (including phenoxy) is 1. The molecule has 0 aliphatic carbocycles. The fraction of sp³-hybridized carbons (Fsp3) is 1.00. The summed E-state index contributed by atoms with van der Waals surface area (Å²) in [6, 6.07) is 0. The van der Waals surface area contributed by atoms with Gasteiger partial charge < -0.3 is 4.74 Å². The predicted octanol–water partition coefficient (Wildman–Crippen LogP) is 2.81. The van der Waals surface area contributed by atoms with E-state index in [0.717, 1.165) is 19.4 Å². The van der Waals surface area contributed by atoms with Crippen molar-refractivity contribution in [3.8, 4) is 0 Å². The first kappa shape index (κ1) is 10.2. The summed E-state index contributed by atoms with van der Waals surface area (Å²) in [6.07, 6.45) is 2.18. The topological polar surface area (TPSA) is 9.23 Å². The normalized spacial score (nSPS) is 10.8. The van der Waals surface area contributed by atoms with Gasteiger partial charge in [0.05, 0.1) is 6.10 Å². The minimum atomic E-state index is 0.304. The van der Waals surface area contributed by atoms with Crippen molar-refractivity contribution in [3.63, 3.8) is 0 Å². The molecule has 0 fully saturated rings. The summed E-state index contributed by atoms with van der Waals surface area (Å²) in [4.78, 5) is 0. The number of hydrogen-bond acceptors (Lipinski definition) is 2. The molecule has 0 bridgehead atoms. The molecule has 0 unspecified atom stereocenters. The Labute approximate surface area is 66.6 Å². The Morgan fingerprint density at radius 2 is 2.10 bits per heavy atom. The van der Waals surface area contributed by atoms with E-state index in [0.29, 0.717) is 24.0 Å². The minimum absolute atomic E-state index is 0.304. The molecule has 0 radical (unpaired) electrons. The maximum absolute atomic E-state index is 11.5. The van der Waals surface area contributed by atoms with E-state index >= 15 is 0 Å². The standard InChI is InChI=1S/C7H15FOS/c1-7(2)9-5-3-4-6-10-8/h7H,3-6H2,1-2H3. The van der Waals surface area contributed by atoms with E-state index in [-0.39, 0.29) is 0 Å². The first-order chi connectivity index (χ1) is 4.77. The second-order valence-corrected chi connectivity index (χ2v) is 3.07. The molecular weight excluding hydrogens is 151 g/mol. The summed E-state index contributed by atoms with van der Waals surface area (Å²) in [5, 5.41) is 0. The van der Waals surface area contributed by atoms with E-state index in [1.54, 1.807) is 0 Å². The van der Waals surface area contributed by atoms with Gasteiger partial charge in [0.2, 0.25) is 0 Å². The molecule has 0 aromatic carbocycles. The summed E-state index contributed by atoms with van der Waals surface area (Å²) in [7, 11) is 0. The van der Waals surface area contributed by atoms with E-state index < -0.39 is 0 Å². The van der Waals surface area contributed by atoms with Crippen LogP contribution in [0.15, 0.2) is 0 Å². The summed E-state index contributed by atoms with van der Waals surface area (Å²) in [5.41, 5.74) is 0. The van der Waals surface area contributed by atoms with Crippen LogP contribution in [0.3, 0.4) is 0 Å². The quantitative estimate of drug-likeness (QED) is 0.561. The van der Waals surface area contributed by atoms with Gasteiger partial charge in [-0.15, -0.1) is 0 Å². The minimum Gasteiger partial charge on any atom is -0.379 e. The highest BCUT2D eigenvalue weighted by Gasteiger charge is 1.92. The van der Waals surface area contributed by atoms with E-state index in [1.165, 1.54) is 0 Å². The predicted molar refractivity (Wildman–Crippen MR) is 43.9 cm³/mol. The Morgan fingerprint density at radius 1 is 1.40 bits per heavy atom. The van der Waals surface area contributed by atoms with Crippen LogP contribution in [0.5, 0.6) is 0 Å². The van der Waals surface area contributed by atoms with Gasteiger partial charge >= 0.3 is 0 Å². The second-order valence-electron chi connectivity index (χ2n) is 2.44. The van der Waals surface area contributed by atoms with E-state index in [2.05, 4.69) is 0 Å². The molecule has 62 valence electrons. The van der Waals surface area contributed by atoms with Crippen molar-refractivity contribution in [1.29, 1.82) is 0 Å². The molecule has 0 aliphatic rings. The van der Waals surface area contributed by atoms with Crippen molar-refractivity contribution in [2.45, 2.75) is 32.8 Å². The maximum Gasteiger partial charge on any atom is 0.0518 e. The highest BCUT2D eigenvalue weighted by Crippen LogP contribution is 2.04. The fourth-order valence-electron chi connectivity index (χ4n) is 0.578. The smallest absolute Gasteiger partial charge is 0.0518 e. The third-order valence-electron chi connectivity index (χ3n) is 1.07. The average Bonchev–Trinajstić information content (AvgIpc) is 1.87. The molecule has 0 rings (SSSR count). The van der Waals surface area contributed by atoms with Gasteiger partial charge in [0, 0.05) is 24.5 Å².